The number of pyridine rings is 1. The number of anilines is 2. The standard InChI is InChI=1S/C17H17N5O/c1-11-10-22(7-8-23)15-5-4-12(9-13(11)15)19-17-16-14(20-21-17)3-2-6-18-16/h2-6,9-10,23H,7-8H2,1H3,(H2,19,20,21). The van der Waals surface area contributed by atoms with E-state index in [0.717, 1.165) is 27.6 Å². The van der Waals surface area contributed by atoms with Crippen LogP contribution in [0.3, 0.4) is 0 Å². The molecule has 1 aromatic carbocycles. The van der Waals surface area contributed by atoms with Crippen LogP contribution in [0.25, 0.3) is 21.9 Å². The van der Waals surface area contributed by atoms with Crippen molar-refractivity contribution in [3.05, 3.63) is 48.3 Å². The normalized spacial score (nSPS) is 11.4. The summed E-state index contributed by atoms with van der Waals surface area (Å²) in [5.74, 6) is 0.715. The molecule has 23 heavy (non-hydrogen) atoms. The highest BCUT2D eigenvalue weighted by molar-refractivity contribution is 5.91. The van der Waals surface area contributed by atoms with Gasteiger partial charge < -0.3 is 15.0 Å². The fourth-order valence-corrected chi connectivity index (χ4v) is 2.92. The summed E-state index contributed by atoms with van der Waals surface area (Å²) in [4.78, 5) is 4.36. The van der Waals surface area contributed by atoms with Crippen molar-refractivity contribution in [3.8, 4) is 0 Å². The van der Waals surface area contributed by atoms with Gasteiger partial charge in [0.15, 0.2) is 5.82 Å². The average Bonchev–Trinajstić information content (AvgIpc) is 3.10. The topological polar surface area (TPSA) is 78.8 Å². The van der Waals surface area contributed by atoms with Crippen molar-refractivity contribution < 1.29 is 5.11 Å². The van der Waals surface area contributed by atoms with Crippen LogP contribution in [-0.2, 0) is 6.54 Å². The SMILES string of the molecule is Cc1cn(CCO)c2ccc(Nc3n[nH]c4cccnc34)cc12. The molecule has 0 radical (unpaired) electrons. The minimum absolute atomic E-state index is 0.133. The molecule has 6 nitrogen and oxygen atoms in total. The maximum atomic E-state index is 9.16. The molecule has 0 atom stereocenters. The first kappa shape index (κ1) is 13.8. The van der Waals surface area contributed by atoms with Gasteiger partial charge in [0, 0.05) is 35.5 Å². The second-order valence-corrected chi connectivity index (χ2v) is 5.56. The minimum atomic E-state index is 0.133. The number of hydrogen-bond donors (Lipinski definition) is 3. The quantitative estimate of drug-likeness (QED) is 0.541. The molecule has 0 aliphatic heterocycles. The van der Waals surface area contributed by atoms with E-state index in [4.69, 9.17) is 5.11 Å². The van der Waals surface area contributed by atoms with E-state index in [9.17, 15) is 0 Å². The van der Waals surface area contributed by atoms with E-state index in [1.165, 1.54) is 5.56 Å². The van der Waals surface area contributed by atoms with Gasteiger partial charge >= 0.3 is 0 Å². The molecule has 0 unspecified atom stereocenters. The zero-order chi connectivity index (χ0) is 15.8. The highest BCUT2D eigenvalue weighted by Gasteiger charge is 2.09. The molecule has 0 fully saturated rings. The molecular weight excluding hydrogens is 290 g/mol. The predicted octanol–water partition coefficient (Wildman–Crippen LogP) is 2.96. The number of rotatable bonds is 4. The number of nitrogens with one attached hydrogen (secondary N) is 2. The van der Waals surface area contributed by atoms with Crippen molar-refractivity contribution in [3.63, 3.8) is 0 Å². The molecular formula is C17H17N5O. The molecule has 0 aliphatic rings. The maximum absolute atomic E-state index is 9.16. The van der Waals surface area contributed by atoms with Crippen LogP contribution in [0.1, 0.15) is 5.56 Å². The van der Waals surface area contributed by atoms with Crippen molar-refractivity contribution in [2.45, 2.75) is 13.5 Å². The summed E-state index contributed by atoms with van der Waals surface area (Å²) in [5, 5.41) is 20.9. The van der Waals surface area contributed by atoms with E-state index < -0.39 is 0 Å². The van der Waals surface area contributed by atoms with Crippen molar-refractivity contribution in [2.24, 2.45) is 0 Å². The van der Waals surface area contributed by atoms with Gasteiger partial charge in [-0.3, -0.25) is 10.1 Å². The van der Waals surface area contributed by atoms with Crippen LogP contribution < -0.4 is 5.32 Å². The molecule has 0 saturated carbocycles. The third-order valence-electron chi connectivity index (χ3n) is 4.00. The monoisotopic (exact) mass is 307 g/mol. The first-order valence-electron chi connectivity index (χ1n) is 7.53. The van der Waals surface area contributed by atoms with E-state index in [1.807, 2.05) is 18.2 Å². The molecule has 0 amide bonds. The Balaban J connectivity index is 1.73. The number of aromatic nitrogens is 4. The summed E-state index contributed by atoms with van der Waals surface area (Å²) in [6, 6.07) is 10.00. The average molecular weight is 307 g/mol. The van der Waals surface area contributed by atoms with Crippen LogP contribution in [0, 0.1) is 6.92 Å². The van der Waals surface area contributed by atoms with Gasteiger partial charge in [0.1, 0.15) is 5.52 Å². The first-order valence-corrected chi connectivity index (χ1v) is 7.53. The van der Waals surface area contributed by atoms with Gasteiger partial charge in [-0.05, 0) is 42.8 Å². The van der Waals surface area contributed by atoms with Crippen LogP contribution in [0.15, 0.2) is 42.7 Å². The molecule has 0 spiro atoms. The van der Waals surface area contributed by atoms with Gasteiger partial charge in [-0.2, -0.15) is 5.10 Å². The van der Waals surface area contributed by atoms with E-state index >= 15 is 0 Å². The molecule has 3 heterocycles. The lowest BCUT2D eigenvalue weighted by molar-refractivity contribution is 0.278. The van der Waals surface area contributed by atoms with Gasteiger partial charge in [-0.25, -0.2) is 0 Å². The summed E-state index contributed by atoms with van der Waals surface area (Å²) >= 11 is 0. The highest BCUT2D eigenvalue weighted by atomic mass is 16.3. The lowest BCUT2D eigenvalue weighted by Gasteiger charge is -2.06. The van der Waals surface area contributed by atoms with Gasteiger partial charge in [0.2, 0.25) is 0 Å². The number of aliphatic hydroxyl groups is 1. The Bertz CT molecular complexity index is 985. The number of aromatic amines is 1. The molecule has 116 valence electrons. The molecule has 0 bridgehead atoms. The van der Waals surface area contributed by atoms with Crippen molar-refractivity contribution in [2.75, 3.05) is 11.9 Å². The van der Waals surface area contributed by atoms with Gasteiger partial charge in [-0.1, -0.05) is 0 Å². The molecule has 0 saturated heterocycles. The largest absolute Gasteiger partial charge is 0.395 e. The van der Waals surface area contributed by atoms with Crippen LogP contribution in [0.5, 0.6) is 0 Å². The van der Waals surface area contributed by atoms with Gasteiger partial charge in [-0.15, -0.1) is 0 Å². The van der Waals surface area contributed by atoms with E-state index in [1.54, 1.807) is 6.20 Å². The van der Waals surface area contributed by atoms with Crippen LogP contribution in [0.2, 0.25) is 0 Å². The Labute approximate surface area is 132 Å². The van der Waals surface area contributed by atoms with Crippen molar-refractivity contribution >= 4 is 33.4 Å². The molecule has 6 heteroatoms. The lowest BCUT2D eigenvalue weighted by atomic mass is 10.1. The smallest absolute Gasteiger partial charge is 0.178 e. The maximum Gasteiger partial charge on any atom is 0.178 e. The fraction of sp³-hybridized carbons (Fsp3) is 0.176. The summed E-state index contributed by atoms with van der Waals surface area (Å²) in [6.45, 7) is 2.81. The number of aliphatic hydroxyl groups excluding tert-OH is 1. The lowest BCUT2D eigenvalue weighted by Crippen LogP contribution is -1.99. The Morgan fingerprint density at radius 3 is 3.09 bits per heavy atom. The number of fused-ring (bicyclic) bond motifs is 2. The van der Waals surface area contributed by atoms with E-state index in [2.05, 4.69) is 50.3 Å². The van der Waals surface area contributed by atoms with E-state index in [0.29, 0.717) is 12.4 Å². The fourth-order valence-electron chi connectivity index (χ4n) is 2.92. The minimum Gasteiger partial charge on any atom is -0.395 e. The Kier molecular flexibility index (Phi) is 3.24. The molecule has 3 N–H and O–H groups in total. The number of nitrogens with zero attached hydrogens (tertiary/aromatic N) is 3. The Morgan fingerprint density at radius 2 is 2.22 bits per heavy atom. The molecule has 3 aromatic heterocycles. The molecule has 0 aliphatic carbocycles. The molecule has 4 rings (SSSR count). The third kappa shape index (κ3) is 2.33. The van der Waals surface area contributed by atoms with Crippen LogP contribution in [-0.4, -0.2) is 31.5 Å². The zero-order valence-electron chi connectivity index (χ0n) is 12.7. The van der Waals surface area contributed by atoms with Crippen LogP contribution >= 0.6 is 0 Å². The molecule has 4 aromatic rings. The number of hydrogen-bond acceptors (Lipinski definition) is 4. The van der Waals surface area contributed by atoms with Crippen molar-refractivity contribution in [1.82, 2.24) is 19.7 Å². The van der Waals surface area contributed by atoms with E-state index in [-0.39, 0.29) is 6.61 Å². The Morgan fingerprint density at radius 1 is 1.30 bits per heavy atom. The number of H-pyrrole nitrogens is 1. The zero-order valence-corrected chi connectivity index (χ0v) is 12.7. The predicted molar refractivity (Wildman–Crippen MR) is 90.9 cm³/mol. The second kappa shape index (κ2) is 5.40. The third-order valence-corrected chi connectivity index (χ3v) is 4.00. The first-order chi connectivity index (χ1) is 11.3. The number of benzene rings is 1. The van der Waals surface area contributed by atoms with Gasteiger partial charge in [0.25, 0.3) is 0 Å². The Hall–Kier alpha value is -2.86. The summed E-state index contributed by atoms with van der Waals surface area (Å²) in [7, 11) is 0. The second-order valence-electron chi connectivity index (χ2n) is 5.56. The highest BCUT2D eigenvalue weighted by Crippen LogP contribution is 2.27. The van der Waals surface area contributed by atoms with Crippen molar-refractivity contribution in [1.29, 1.82) is 0 Å². The summed E-state index contributed by atoms with van der Waals surface area (Å²) < 4.78 is 2.07. The van der Waals surface area contributed by atoms with Gasteiger partial charge in [0.05, 0.1) is 12.1 Å². The van der Waals surface area contributed by atoms with Crippen LogP contribution in [0.4, 0.5) is 11.5 Å². The number of aryl methyl sites for hydroxylation is 1. The summed E-state index contributed by atoms with van der Waals surface area (Å²) in [6.07, 6.45) is 3.82. The summed E-state index contributed by atoms with van der Waals surface area (Å²) in [5.41, 5.74) is 4.99.